The van der Waals surface area contributed by atoms with E-state index in [1.54, 1.807) is 13.0 Å². The maximum atomic E-state index is 13.5. The van der Waals surface area contributed by atoms with E-state index >= 15 is 0 Å². The average Bonchev–Trinajstić information content (AvgIpc) is 3.57. The van der Waals surface area contributed by atoms with Gasteiger partial charge in [0.05, 0.1) is 13.1 Å². The van der Waals surface area contributed by atoms with Crippen LogP contribution in [-0.4, -0.2) is 58.9 Å². The Kier molecular flexibility index (Phi) is 6.05. The van der Waals surface area contributed by atoms with Gasteiger partial charge in [0.15, 0.2) is 24.1 Å². The molecule has 0 spiro atoms. The number of aliphatic hydroxyl groups is 1. The van der Waals surface area contributed by atoms with Crippen LogP contribution in [0.3, 0.4) is 0 Å². The predicted molar refractivity (Wildman–Crippen MR) is 122 cm³/mol. The highest BCUT2D eigenvalue weighted by Crippen LogP contribution is 2.44. The second kappa shape index (κ2) is 8.85. The number of aromatic nitrogens is 1. The number of fused-ring (bicyclic) bond motifs is 3. The molecule has 2 atom stereocenters. The zero-order valence-electron chi connectivity index (χ0n) is 19.0. The zero-order chi connectivity index (χ0) is 23.1. The molecule has 0 radical (unpaired) electrons. The Bertz CT molecular complexity index is 992. The summed E-state index contributed by atoms with van der Waals surface area (Å²) in [6.45, 7) is 4.47. The number of carbonyl (C=O) groups is 2. The fraction of sp³-hybridized carbons (Fsp3) is 0.625. The van der Waals surface area contributed by atoms with E-state index in [9.17, 15) is 14.7 Å². The van der Waals surface area contributed by atoms with Gasteiger partial charge in [0.25, 0.3) is 5.91 Å². The van der Waals surface area contributed by atoms with Gasteiger partial charge in [-0.2, -0.15) is 0 Å². The van der Waals surface area contributed by atoms with Crippen LogP contribution in [-0.2, 0) is 19.9 Å². The first-order valence-electron chi connectivity index (χ1n) is 11.9. The van der Waals surface area contributed by atoms with E-state index in [0.717, 1.165) is 51.6 Å². The predicted octanol–water partition coefficient (Wildman–Crippen LogP) is 3.21. The number of carbonyl (C=O) groups excluding carboxylic acids is 2. The molecule has 2 N–H and O–H groups in total. The molecule has 6 rings (SSSR count). The molecule has 33 heavy (non-hydrogen) atoms. The summed E-state index contributed by atoms with van der Waals surface area (Å²) in [5, 5.41) is 20.2. The molecule has 178 valence electrons. The first kappa shape index (κ1) is 22.6. The van der Waals surface area contributed by atoms with E-state index < -0.39 is 11.6 Å². The molecular weight excluding hydrogens is 442 g/mol. The number of esters is 1. The third-order valence-corrected chi connectivity index (χ3v) is 8.82. The van der Waals surface area contributed by atoms with E-state index in [4.69, 9.17) is 9.26 Å². The topological polar surface area (TPSA) is 102 Å². The minimum atomic E-state index is -1.58. The highest BCUT2D eigenvalue weighted by Gasteiger charge is 2.53. The lowest BCUT2D eigenvalue weighted by Crippen LogP contribution is -2.66. The fourth-order valence-corrected chi connectivity index (χ4v) is 6.91. The van der Waals surface area contributed by atoms with Crippen molar-refractivity contribution in [2.75, 3.05) is 31.5 Å². The minimum Gasteiger partial charge on any atom is -0.454 e. The maximum Gasteiger partial charge on any atom is 0.344 e. The number of amides is 1. The molecule has 2 aromatic rings. The second-order valence-corrected chi connectivity index (χ2v) is 11.0. The summed E-state index contributed by atoms with van der Waals surface area (Å²) in [7, 11) is 0. The van der Waals surface area contributed by atoms with Gasteiger partial charge in [-0.1, -0.05) is 24.1 Å². The standard InChI is InChI=1S/C24H31N3O5S/c1-16-13-21(26-32-16)25-22(28)15-27-10-8-17(9-11-27)19(14-27)31-23(29)24(30,18-5-2-3-6-18)20-7-4-12-33-20/h4,7,12-13,17-19,30H,2-3,5-6,8-11,14-15H2,1H3/p+1/t17?,19-,24?,27?/m0/s1. The number of hydrogen-bond donors (Lipinski definition) is 2. The van der Waals surface area contributed by atoms with Crippen LogP contribution in [0.4, 0.5) is 5.82 Å². The highest BCUT2D eigenvalue weighted by molar-refractivity contribution is 7.10. The maximum absolute atomic E-state index is 13.5. The van der Waals surface area contributed by atoms with Crippen LogP contribution in [0.15, 0.2) is 28.1 Å². The minimum absolute atomic E-state index is 0.107. The van der Waals surface area contributed by atoms with Crippen LogP contribution in [0.5, 0.6) is 0 Å². The van der Waals surface area contributed by atoms with Crippen LogP contribution < -0.4 is 5.32 Å². The summed E-state index contributed by atoms with van der Waals surface area (Å²) in [5.41, 5.74) is -1.58. The molecule has 2 bridgehead atoms. The quantitative estimate of drug-likeness (QED) is 0.472. The highest BCUT2D eigenvalue weighted by atomic mass is 32.1. The third-order valence-electron chi connectivity index (χ3n) is 7.83. The lowest BCUT2D eigenvalue weighted by molar-refractivity contribution is -0.939. The van der Waals surface area contributed by atoms with Crippen molar-refractivity contribution >= 4 is 29.0 Å². The van der Waals surface area contributed by atoms with E-state index in [1.165, 1.54) is 11.3 Å². The van der Waals surface area contributed by atoms with E-state index in [1.807, 2.05) is 17.5 Å². The number of quaternary nitrogens is 1. The molecule has 1 saturated carbocycles. The Hall–Kier alpha value is -2.23. The molecule has 1 amide bonds. The number of piperidine rings is 3. The monoisotopic (exact) mass is 474 g/mol. The third kappa shape index (κ3) is 4.34. The molecule has 8 nitrogen and oxygen atoms in total. The van der Waals surface area contributed by atoms with Crippen molar-refractivity contribution in [1.29, 1.82) is 0 Å². The normalized spacial score (nSPS) is 29.0. The summed E-state index contributed by atoms with van der Waals surface area (Å²) in [6, 6.07) is 5.40. The molecule has 0 aromatic carbocycles. The number of hydrogen-bond acceptors (Lipinski definition) is 7. The van der Waals surface area contributed by atoms with Crippen LogP contribution in [0, 0.1) is 18.8 Å². The Labute approximate surface area is 197 Å². The van der Waals surface area contributed by atoms with Gasteiger partial charge in [-0.3, -0.25) is 4.79 Å². The molecule has 9 heteroatoms. The molecule has 5 heterocycles. The molecule has 3 aliphatic heterocycles. The largest absolute Gasteiger partial charge is 0.454 e. The van der Waals surface area contributed by atoms with Gasteiger partial charge < -0.3 is 24.2 Å². The van der Waals surface area contributed by atoms with Gasteiger partial charge in [-0.05, 0) is 31.2 Å². The van der Waals surface area contributed by atoms with Gasteiger partial charge in [0, 0.05) is 35.6 Å². The van der Waals surface area contributed by atoms with Crippen molar-refractivity contribution in [3.63, 3.8) is 0 Å². The summed E-state index contributed by atoms with van der Waals surface area (Å²) < 4.78 is 11.7. The molecule has 2 aromatic heterocycles. The molecule has 1 aliphatic carbocycles. The summed E-state index contributed by atoms with van der Waals surface area (Å²) in [4.78, 5) is 26.9. The van der Waals surface area contributed by atoms with Crippen LogP contribution in [0.1, 0.15) is 49.2 Å². The smallest absolute Gasteiger partial charge is 0.344 e. The van der Waals surface area contributed by atoms with Gasteiger partial charge in [-0.15, -0.1) is 11.3 Å². The van der Waals surface area contributed by atoms with Gasteiger partial charge >= 0.3 is 5.97 Å². The van der Waals surface area contributed by atoms with Gasteiger partial charge in [0.2, 0.25) is 0 Å². The molecule has 4 aliphatic rings. The SMILES string of the molecule is Cc1cc(NC(=O)C[N+]23CCC(CC2)[C@@H](OC(=O)C(O)(c2cccs2)C2CCCC2)C3)no1. The fourth-order valence-electron chi connectivity index (χ4n) is 6.02. The number of nitrogens with one attached hydrogen (secondary N) is 1. The lowest BCUT2D eigenvalue weighted by atomic mass is 9.82. The Morgan fingerprint density at radius 2 is 2.06 bits per heavy atom. The van der Waals surface area contributed by atoms with Crippen LogP contribution in [0.2, 0.25) is 0 Å². The molecule has 4 fully saturated rings. The van der Waals surface area contributed by atoms with Crippen molar-refractivity contribution in [2.24, 2.45) is 11.8 Å². The van der Waals surface area contributed by atoms with Gasteiger partial charge in [0.1, 0.15) is 12.3 Å². The van der Waals surface area contributed by atoms with E-state index in [0.29, 0.717) is 34.0 Å². The Morgan fingerprint density at radius 3 is 2.70 bits per heavy atom. The molecule has 3 saturated heterocycles. The number of anilines is 1. The first-order valence-corrected chi connectivity index (χ1v) is 12.8. The van der Waals surface area contributed by atoms with Crippen LogP contribution in [0.25, 0.3) is 0 Å². The lowest BCUT2D eigenvalue weighted by Gasteiger charge is -2.51. The Morgan fingerprint density at radius 1 is 1.30 bits per heavy atom. The van der Waals surface area contributed by atoms with Crippen LogP contribution >= 0.6 is 11.3 Å². The van der Waals surface area contributed by atoms with Crippen molar-refractivity contribution in [1.82, 2.24) is 5.16 Å². The Balaban J connectivity index is 1.28. The van der Waals surface area contributed by atoms with E-state index in [-0.39, 0.29) is 23.8 Å². The summed E-state index contributed by atoms with van der Waals surface area (Å²) in [6.07, 6.45) is 5.26. The number of rotatable bonds is 7. The second-order valence-electron chi connectivity index (χ2n) is 10.0. The number of aryl methyl sites for hydroxylation is 1. The number of nitrogens with zero attached hydrogens (tertiary/aromatic N) is 2. The summed E-state index contributed by atoms with van der Waals surface area (Å²) in [5.74, 6) is 0.605. The van der Waals surface area contributed by atoms with Crippen molar-refractivity contribution < 1.29 is 28.4 Å². The molecule has 1 unspecified atom stereocenters. The number of thiophene rings is 1. The van der Waals surface area contributed by atoms with Crippen molar-refractivity contribution in [3.05, 3.63) is 34.2 Å². The number of ether oxygens (including phenoxy) is 1. The van der Waals surface area contributed by atoms with Crippen molar-refractivity contribution in [2.45, 2.75) is 57.2 Å². The zero-order valence-corrected chi connectivity index (χ0v) is 19.8. The van der Waals surface area contributed by atoms with Crippen molar-refractivity contribution in [3.8, 4) is 0 Å². The first-order chi connectivity index (χ1) is 15.9. The average molecular weight is 475 g/mol. The van der Waals surface area contributed by atoms with E-state index in [2.05, 4.69) is 10.5 Å². The van der Waals surface area contributed by atoms with Gasteiger partial charge in [-0.25, -0.2) is 4.79 Å². The summed E-state index contributed by atoms with van der Waals surface area (Å²) >= 11 is 1.41. The molecular formula is C24H32N3O5S+.